The molecule has 1 aromatic rings. The summed E-state index contributed by atoms with van der Waals surface area (Å²) in [5.74, 6) is 1.35. The lowest BCUT2D eigenvalue weighted by atomic mass is 10.2. The van der Waals surface area contributed by atoms with Crippen molar-refractivity contribution in [3.05, 3.63) is 23.8 Å². The quantitative estimate of drug-likeness (QED) is 0.858. The Balaban J connectivity index is 1.92. The topological polar surface area (TPSA) is 67.9 Å². The molecule has 1 aromatic carbocycles. The third-order valence-electron chi connectivity index (χ3n) is 3.26. The molecule has 0 saturated carbocycles. The third kappa shape index (κ3) is 4.11. The van der Waals surface area contributed by atoms with Crippen LogP contribution in [0.4, 0.5) is 0 Å². The molecule has 1 heterocycles. The number of hydrogen-bond donors (Lipinski definition) is 1. The van der Waals surface area contributed by atoms with Crippen LogP contribution in [0, 0.1) is 0 Å². The summed E-state index contributed by atoms with van der Waals surface area (Å²) in [6.07, 6.45) is 0.304. The normalized spacial score (nSPS) is 12.1. The Bertz CT molecular complexity index is 530. The van der Waals surface area contributed by atoms with Crippen LogP contribution in [0.15, 0.2) is 18.2 Å². The number of carbonyl (C=O) groups excluding carboxylic acids is 2. The second-order valence-corrected chi connectivity index (χ2v) is 4.83. The summed E-state index contributed by atoms with van der Waals surface area (Å²) in [5, 5.41) is 2.63. The Morgan fingerprint density at radius 1 is 1.29 bits per heavy atom. The molecule has 6 heteroatoms. The molecule has 0 spiro atoms. The van der Waals surface area contributed by atoms with Crippen molar-refractivity contribution in [3.8, 4) is 11.5 Å². The molecule has 1 aliphatic heterocycles. The summed E-state index contributed by atoms with van der Waals surface area (Å²) in [7, 11) is 0. The molecule has 0 fully saturated rings. The monoisotopic (exact) mass is 292 g/mol. The Labute approximate surface area is 124 Å². The van der Waals surface area contributed by atoms with Crippen molar-refractivity contribution >= 4 is 11.8 Å². The lowest BCUT2D eigenvalue weighted by Crippen LogP contribution is -2.33. The Hall–Kier alpha value is -2.24. The number of rotatable bonds is 6. The number of amides is 2. The molecule has 2 rings (SSSR count). The summed E-state index contributed by atoms with van der Waals surface area (Å²) < 4.78 is 10.6. The molecule has 0 saturated heterocycles. The van der Waals surface area contributed by atoms with Gasteiger partial charge in [-0.2, -0.15) is 0 Å². The van der Waals surface area contributed by atoms with Crippen molar-refractivity contribution in [1.29, 1.82) is 0 Å². The fourth-order valence-electron chi connectivity index (χ4n) is 2.14. The molecular weight excluding hydrogens is 272 g/mol. The van der Waals surface area contributed by atoms with Gasteiger partial charge in [-0.1, -0.05) is 6.07 Å². The maximum atomic E-state index is 12.1. The number of nitrogens with one attached hydrogen (secondary N) is 1. The fraction of sp³-hybridized carbons (Fsp3) is 0.467. The first-order valence-electron chi connectivity index (χ1n) is 7.01. The van der Waals surface area contributed by atoms with Crippen LogP contribution in [-0.2, 0) is 16.1 Å². The van der Waals surface area contributed by atoms with E-state index in [2.05, 4.69) is 5.32 Å². The maximum absolute atomic E-state index is 12.1. The lowest BCUT2D eigenvalue weighted by Gasteiger charge is -2.21. The zero-order valence-corrected chi connectivity index (χ0v) is 12.3. The number of ether oxygens (including phenoxy) is 2. The van der Waals surface area contributed by atoms with Crippen LogP contribution in [0.25, 0.3) is 0 Å². The first kappa shape index (κ1) is 15.2. The highest BCUT2D eigenvalue weighted by atomic mass is 16.7. The maximum Gasteiger partial charge on any atom is 0.231 e. The fourth-order valence-corrected chi connectivity index (χ4v) is 2.14. The van der Waals surface area contributed by atoms with E-state index in [0.717, 1.165) is 11.3 Å². The molecule has 0 unspecified atom stereocenters. The number of hydrogen-bond acceptors (Lipinski definition) is 4. The predicted molar refractivity (Wildman–Crippen MR) is 77.0 cm³/mol. The highest BCUT2D eigenvalue weighted by molar-refractivity contribution is 5.78. The summed E-state index contributed by atoms with van der Waals surface area (Å²) in [5.41, 5.74) is 0.994. The van der Waals surface area contributed by atoms with Gasteiger partial charge in [0.2, 0.25) is 18.6 Å². The first-order valence-corrected chi connectivity index (χ1v) is 7.01. The summed E-state index contributed by atoms with van der Waals surface area (Å²) >= 11 is 0. The van der Waals surface area contributed by atoms with E-state index < -0.39 is 0 Å². The van der Waals surface area contributed by atoms with E-state index in [1.54, 1.807) is 4.90 Å². The van der Waals surface area contributed by atoms with Crippen LogP contribution in [-0.4, -0.2) is 36.6 Å². The van der Waals surface area contributed by atoms with Gasteiger partial charge in [-0.15, -0.1) is 0 Å². The van der Waals surface area contributed by atoms with Gasteiger partial charge in [0.1, 0.15) is 0 Å². The van der Waals surface area contributed by atoms with Gasteiger partial charge in [0.15, 0.2) is 11.5 Å². The average Bonchev–Trinajstić information content (AvgIpc) is 2.91. The second kappa shape index (κ2) is 6.97. The molecule has 6 nitrogen and oxygen atoms in total. The van der Waals surface area contributed by atoms with E-state index >= 15 is 0 Å². The van der Waals surface area contributed by atoms with Crippen LogP contribution >= 0.6 is 0 Å². The van der Waals surface area contributed by atoms with Gasteiger partial charge in [-0.25, -0.2) is 0 Å². The van der Waals surface area contributed by atoms with Gasteiger partial charge in [0.05, 0.1) is 0 Å². The molecule has 0 bridgehead atoms. The minimum atomic E-state index is -0.124. The minimum absolute atomic E-state index is 0.0175. The molecule has 1 aliphatic rings. The highest BCUT2D eigenvalue weighted by Gasteiger charge is 2.16. The van der Waals surface area contributed by atoms with Crippen LogP contribution in [0.1, 0.15) is 25.8 Å². The van der Waals surface area contributed by atoms with E-state index in [-0.39, 0.29) is 18.6 Å². The van der Waals surface area contributed by atoms with Gasteiger partial charge in [-0.3, -0.25) is 9.59 Å². The molecule has 114 valence electrons. The van der Waals surface area contributed by atoms with Gasteiger partial charge in [-0.05, 0) is 24.6 Å². The van der Waals surface area contributed by atoms with Crippen LogP contribution in [0.5, 0.6) is 11.5 Å². The van der Waals surface area contributed by atoms with Gasteiger partial charge in [0.25, 0.3) is 0 Å². The smallest absolute Gasteiger partial charge is 0.231 e. The molecule has 21 heavy (non-hydrogen) atoms. The van der Waals surface area contributed by atoms with Crippen LogP contribution in [0.2, 0.25) is 0 Å². The van der Waals surface area contributed by atoms with Crippen molar-refractivity contribution in [2.45, 2.75) is 26.8 Å². The zero-order chi connectivity index (χ0) is 15.2. The van der Waals surface area contributed by atoms with Crippen molar-refractivity contribution in [1.82, 2.24) is 10.2 Å². The predicted octanol–water partition coefficient (Wildman–Crippen LogP) is 1.29. The minimum Gasteiger partial charge on any atom is -0.454 e. The summed E-state index contributed by atoms with van der Waals surface area (Å²) in [6, 6.07) is 5.68. The van der Waals surface area contributed by atoms with Gasteiger partial charge in [0, 0.05) is 33.0 Å². The largest absolute Gasteiger partial charge is 0.454 e. The van der Waals surface area contributed by atoms with Crippen molar-refractivity contribution < 1.29 is 19.1 Å². The van der Waals surface area contributed by atoms with E-state index in [1.807, 2.05) is 25.1 Å². The molecule has 1 N–H and O–H groups in total. The van der Waals surface area contributed by atoms with E-state index in [0.29, 0.717) is 31.8 Å². The SMILES string of the molecule is CCN(Cc1ccc2c(c1)OCO2)C(=O)CCNC(C)=O. The first-order chi connectivity index (χ1) is 10.1. The molecule has 0 atom stereocenters. The summed E-state index contributed by atoms with van der Waals surface area (Å²) in [4.78, 5) is 24.7. The van der Waals surface area contributed by atoms with E-state index in [9.17, 15) is 9.59 Å². The molecule has 0 aromatic heterocycles. The standard InChI is InChI=1S/C15H20N2O4/c1-3-17(15(19)6-7-16-11(2)18)9-12-4-5-13-14(8-12)21-10-20-13/h4-5,8H,3,6-7,9-10H2,1-2H3,(H,16,18). The van der Waals surface area contributed by atoms with Crippen LogP contribution < -0.4 is 14.8 Å². The Morgan fingerprint density at radius 2 is 2.05 bits per heavy atom. The molecule has 2 amide bonds. The molecular formula is C15H20N2O4. The second-order valence-electron chi connectivity index (χ2n) is 4.83. The number of fused-ring (bicyclic) bond motifs is 1. The number of benzene rings is 1. The Kier molecular flexibility index (Phi) is 5.03. The highest BCUT2D eigenvalue weighted by Crippen LogP contribution is 2.32. The third-order valence-corrected chi connectivity index (χ3v) is 3.26. The van der Waals surface area contributed by atoms with Crippen LogP contribution in [0.3, 0.4) is 0 Å². The van der Waals surface area contributed by atoms with Crippen molar-refractivity contribution in [2.24, 2.45) is 0 Å². The lowest BCUT2D eigenvalue weighted by molar-refractivity contribution is -0.131. The average molecular weight is 292 g/mol. The van der Waals surface area contributed by atoms with Gasteiger partial charge >= 0.3 is 0 Å². The summed E-state index contributed by atoms with van der Waals surface area (Å²) in [6.45, 7) is 5.12. The van der Waals surface area contributed by atoms with Crippen molar-refractivity contribution in [2.75, 3.05) is 19.9 Å². The van der Waals surface area contributed by atoms with Gasteiger partial charge < -0.3 is 19.7 Å². The van der Waals surface area contributed by atoms with Crippen molar-refractivity contribution in [3.63, 3.8) is 0 Å². The number of nitrogens with zero attached hydrogens (tertiary/aromatic N) is 1. The zero-order valence-electron chi connectivity index (χ0n) is 12.3. The molecule has 0 aliphatic carbocycles. The Morgan fingerprint density at radius 3 is 2.76 bits per heavy atom. The van der Waals surface area contributed by atoms with E-state index in [4.69, 9.17) is 9.47 Å². The van der Waals surface area contributed by atoms with E-state index in [1.165, 1.54) is 6.92 Å². The molecule has 0 radical (unpaired) electrons. The number of carbonyl (C=O) groups is 2.